The maximum atomic E-state index is 12.8. The monoisotopic (exact) mass is 387 g/mol. The Bertz CT molecular complexity index is 850. The standard InChI is InChI=1S/C19H25N5O2S/c1-5-13-12(3)20-19(22-17(13)25)24-16(10-11(2)23-24)21-18(26)14-8-6-7-9-15(14)27-4/h6-10,12-13,19-20H,5H2,1-4H3,(H,21,26)(H,22,25). The van der Waals surface area contributed by atoms with Crippen LogP contribution in [0.2, 0.25) is 0 Å². The Labute approximate surface area is 163 Å². The van der Waals surface area contributed by atoms with Crippen LogP contribution in [0.4, 0.5) is 5.82 Å². The number of hydrogen-bond donors (Lipinski definition) is 3. The molecular formula is C19H25N5O2S. The number of carbonyl (C=O) groups is 2. The van der Waals surface area contributed by atoms with Crippen LogP contribution in [0.1, 0.15) is 42.6 Å². The summed E-state index contributed by atoms with van der Waals surface area (Å²) in [5.41, 5.74) is 1.36. The van der Waals surface area contributed by atoms with E-state index < -0.39 is 6.29 Å². The molecule has 1 aromatic carbocycles. The van der Waals surface area contributed by atoms with Crippen molar-refractivity contribution in [3.8, 4) is 0 Å². The Morgan fingerprint density at radius 1 is 1.37 bits per heavy atom. The van der Waals surface area contributed by atoms with E-state index in [2.05, 4.69) is 21.0 Å². The molecule has 0 saturated carbocycles. The molecule has 144 valence electrons. The third-order valence-electron chi connectivity index (χ3n) is 4.78. The fourth-order valence-corrected chi connectivity index (χ4v) is 3.96. The molecule has 3 atom stereocenters. The summed E-state index contributed by atoms with van der Waals surface area (Å²) in [6.07, 6.45) is 2.20. The maximum absolute atomic E-state index is 12.8. The fourth-order valence-electron chi connectivity index (χ4n) is 3.37. The minimum atomic E-state index is -0.505. The van der Waals surface area contributed by atoms with Crippen molar-refractivity contribution in [2.75, 3.05) is 11.6 Å². The predicted molar refractivity (Wildman–Crippen MR) is 107 cm³/mol. The lowest BCUT2D eigenvalue weighted by Gasteiger charge is -2.35. The normalized spacial score (nSPS) is 22.4. The van der Waals surface area contributed by atoms with Crippen molar-refractivity contribution in [1.82, 2.24) is 20.4 Å². The Hall–Kier alpha value is -2.32. The van der Waals surface area contributed by atoms with Crippen molar-refractivity contribution in [2.24, 2.45) is 5.92 Å². The second-order valence-electron chi connectivity index (χ2n) is 6.65. The molecule has 3 N–H and O–H groups in total. The molecular weight excluding hydrogens is 362 g/mol. The summed E-state index contributed by atoms with van der Waals surface area (Å²) in [5.74, 6) is 0.243. The summed E-state index contributed by atoms with van der Waals surface area (Å²) in [6.45, 7) is 5.84. The number of carbonyl (C=O) groups excluding carboxylic acids is 2. The summed E-state index contributed by atoms with van der Waals surface area (Å²) in [7, 11) is 0. The number of thioether (sulfide) groups is 1. The van der Waals surface area contributed by atoms with Gasteiger partial charge in [0.15, 0.2) is 6.29 Å². The smallest absolute Gasteiger partial charge is 0.257 e. The first-order valence-corrected chi connectivity index (χ1v) is 10.2. The van der Waals surface area contributed by atoms with Gasteiger partial charge in [-0.3, -0.25) is 14.9 Å². The first kappa shape index (κ1) is 19.4. The van der Waals surface area contributed by atoms with Crippen molar-refractivity contribution in [2.45, 2.75) is 44.4 Å². The average molecular weight is 388 g/mol. The maximum Gasteiger partial charge on any atom is 0.257 e. The van der Waals surface area contributed by atoms with E-state index in [1.807, 2.05) is 45.2 Å². The SMILES string of the molecule is CCC1C(=O)NC(n2nc(C)cc2NC(=O)c2ccccc2SC)NC1C. The zero-order chi connectivity index (χ0) is 19.6. The van der Waals surface area contributed by atoms with Gasteiger partial charge in [-0.05, 0) is 38.7 Å². The Kier molecular flexibility index (Phi) is 5.86. The van der Waals surface area contributed by atoms with Crippen molar-refractivity contribution in [3.63, 3.8) is 0 Å². The molecule has 0 bridgehead atoms. The largest absolute Gasteiger partial charge is 0.322 e. The van der Waals surface area contributed by atoms with Gasteiger partial charge in [-0.15, -0.1) is 11.8 Å². The minimum Gasteiger partial charge on any atom is -0.322 e. The predicted octanol–water partition coefficient (Wildman–Crippen LogP) is 2.76. The molecule has 1 saturated heterocycles. The number of nitrogens with zero attached hydrogens (tertiary/aromatic N) is 2. The van der Waals surface area contributed by atoms with E-state index in [0.29, 0.717) is 11.4 Å². The van der Waals surface area contributed by atoms with E-state index in [-0.39, 0.29) is 23.8 Å². The molecule has 7 nitrogen and oxygen atoms in total. The van der Waals surface area contributed by atoms with Crippen LogP contribution < -0.4 is 16.0 Å². The molecule has 1 fully saturated rings. The van der Waals surface area contributed by atoms with Crippen LogP contribution in [-0.2, 0) is 4.79 Å². The van der Waals surface area contributed by atoms with Crippen LogP contribution >= 0.6 is 11.8 Å². The molecule has 0 aliphatic carbocycles. The third kappa shape index (κ3) is 4.01. The van der Waals surface area contributed by atoms with Gasteiger partial charge in [-0.2, -0.15) is 5.10 Å². The third-order valence-corrected chi connectivity index (χ3v) is 5.57. The van der Waals surface area contributed by atoms with Crippen LogP contribution in [0.15, 0.2) is 35.2 Å². The summed E-state index contributed by atoms with van der Waals surface area (Å²) < 4.78 is 1.62. The molecule has 2 heterocycles. The van der Waals surface area contributed by atoms with E-state index in [1.165, 1.54) is 11.8 Å². The van der Waals surface area contributed by atoms with Crippen LogP contribution in [-0.4, -0.2) is 33.9 Å². The summed E-state index contributed by atoms with van der Waals surface area (Å²) in [4.78, 5) is 26.1. The number of nitrogens with one attached hydrogen (secondary N) is 3. The second-order valence-corrected chi connectivity index (χ2v) is 7.50. The molecule has 2 aromatic rings. The molecule has 2 amide bonds. The highest BCUT2D eigenvalue weighted by Crippen LogP contribution is 2.24. The average Bonchev–Trinajstić information content (AvgIpc) is 3.01. The van der Waals surface area contributed by atoms with E-state index in [0.717, 1.165) is 17.0 Å². The number of hydrogen-bond acceptors (Lipinski definition) is 5. The lowest BCUT2D eigenvalue weighted by atomic mass is 9.95. The molecule has 8 heteroatoms. The van der Waals surface area contributed by atoms with Gasteiger partial charge < -0.3 is 10.6 Å². The highest BCUT2D eigenvalue weighted by atomic mass is 32.2. The van der Waals surface area contributed by atoms with Crippen LogP contribution in [0.5, 0.6) is 0 Å². The first-order valence-electron chi connectivity index (χ1n) is 9.01. The van der Waals surface area contributed by atoms with Gasteiger partial charge in [0.05, 0.1) is 17.2 Å². The highest BCUT2D eigenvalue weighted by molar-refractivity contribution is 7.98. The Morgan fingerprint density at radius 2 is 2.11 bits per heavy atom. The molecule has 1 aliphatic heterocycles. The summed E-state index contributed by atoms with van der Waals surface area (Å²) >= 11 is 1.52. The molecule has 3 rings (SSSR count). The van der Waals surface area contributed by atoms with Crippen LogP contribution in [0.25, 0.3) is 0 Å². The molecule has 0 spiro atoms. The number of anilines is 1. The van der Waals surface area contributed by atoms with Crippen LogP contribution in [0.3, 0.4) is 0 Å². The number of amides is 2. The van der Waals surface area contributed by atoms with Gasteiger partial charge >= 0.3 is 0 Å². The van der Waals surface area contributed by atoms with Crippen molar-refractivity contribution in [3.05, 3.63) is 41.6 Å². The zero-order valence-corrected chi connectivity index (χ0v) is 16.8. The summed E-state index contributed by atoms with van der Waals surface area (Å²) in [6, 6.07) is 9.26. The number of aryl methyl sites for hydroxylation is 1. The number of benzene rings is 1. The van der Waals surface area contributed by atoms with Crippen molar-refractivity contribution < 1.29 is 9.59 Å². The second kappa shape index (κ2) is 8.14. The van der Waals surface area contributed by atoms with Crippen LogP contribution in [0, 0.1) is 12.8 Å². The molecule has 0 radical (unpaired) electrons. The van der Waals surface area contributed by atoms with Gasteiger partial charge in [0.25, 0.3) is 5.91 Å². The number of rotatable bonds is 5. The Balaban J connectivity index is 1.84. The van der Waals surface area contributed by atoms with Crippen molar-refractivity contribution >= 4 is 29.4 Å². The zero-order valence-electron chi connectivity index (χ0n) is 15.9. The quantitative estimate of drug-likeness (QED) is 0.687. The minimum absolute atomic E-state index is 0.00749. The molecule has 27 heavy (non-hydrogen) atoms. The van der Waals surface area contributed by atoms with E-state index in [9.17, 15) is 9.59 Å². The molecule has 1 aromatic heterocycles. The van der Waals surface area contributed by atoms with Crippen molar-refractivity contribution in [1.29, 1.82) is 0 Å². The van der Waals surface area contributed by atoms with Gasteiger partial charge in [0.1, 0.15) is 5.82 Å². The van der Waals surface area contributed by atoms with E-state index >= 15 is 0 Å². The summed E-state index contributed by atoms with van der Waals surface area (Å²) in [5, 5.41) is 13.7. The molecule has 1 aliphatic rings. The van der Waals surface area contributed by atoms with E-state index in [1.54, 1.807) is 16.8 Å². The Morgan fingerprint density at radius 3 is 2.78 bits per heavy atom. The lowest BCUT2D eigenvalue weighted by molar-refractivity contribution is -0.130. The van der Waals surface area contributed by atoms with Gasteiger partial charge in [-0.1, -0.05) is 19.1 Å². The highest BCUT2D eigenvalue weighted by Gasteiger charge is 2.34. The molecule has 3 unspecified atom stereocenters. The van der Waals surface area contributed by atoms with Gasteiger partial charge in [0.2, 0.25) is 5.91 Å². The van der Waals surface area contributed by atoms with E-state index in [4.69, 9.17) is 0 Å². The van der Waals surface area contributed by atoms with Gasteiger partial charge in [0, 0.05) is 17.0 Å². The fraction of sp³-hybridized carbons (Fsp3) is 0.421. The number of aromatic nitrogens is 2. The van der Waals surface area contributed by atoms with Gasteiger partial charge in [-0.25, -0.2) is 4.68 Å². The first-order chi connectivity index (χ1) is 12.9. The topological polar surface area (TPSA) is 88.1 Å². The lowest BCUT2D eigenvalue weighted by Crippen LogP contribution is -2.57.